The van der Waals surface area contributed by atoms with Crippen LogP contribution < -0.4 is 10.1 Å². The number of nitro benzene ring substituents is 1. The molecule has 0 aliphatic carbocycles. The molecule has 0 saturated heterocycles. The van der Waals surface area contributed by atoms with Gasteiger partial charge in [-0.1, -0.05) is 37.3 Å². The fraction of sp³-hybridized carbons (Fsp3) is 0.182. The standard InChI is InChI=1S/C22H19F3N2O3/c1-2-16-5-3-4-6-19(16)26-14-15-7-10-18(11-8-15)30-21-12-9-17(22(23,24)25)13-20(21)27(28)29/h3-13,26H,2,14H2,1H3. The van der Waals surface area contributed by atoms with E-state index in [0.29, 0.717) is 12.6 Å². The molecule has 156 valence electrons. The van der Waals surface area contributed by atoms with Crippen molar-refractivity contribution in [2.24, 2.45) is 0 Å². The Morgan fingerprint density at radius 2 is 1.73 bits per heavy atom. The van der Waals surface area contributed by atoms with E-state index in [2.05, 4.69) is 18.3 Å². The summed E-state index contributed by atoms with van der Waals surface area (Å²) >= 11 is 0. The maximum atomic E-state index is 12.8. The molecule has 0 heterocycles. The smallest absolute Gasteiger partial charge is 0.416 e. The average molecular weight is 416 g/mol. The molecule has 0 aliphatic rings. The van der Waals surface area contributed by atoms with Gasteiger partial charge in [0.2, 0.25) is 5.75 Å². The zero-order chi connectivity index (χ0) is 21.7. The SMILES string of the molecule is CCc1ccccc1NCc1ccc(Oc2ccc(C(F)(F)F)cc2[N+](=O)[O-])cc1. The number of rotatable bonds is 7. The summed E-state index contributed by atoms with van der Waals surface area (Å²) in [4.78, 5) is 10.3. The van der Waals surface area contributed by atoms with Gasteiger partial charge in [-0.2, -0.15) is 13.2 Å². The van der Waals surface area contributed by atoms with Crippen LogP contribution in [0.4, 0.5) is 24.5 Å². The number of anilines is 1. The van der Waals surface area contributed by atoms with E-state index in [-0.39, 0.29) is 11.5 Å². The van der Waals surface area contributed by atoms with E-state index in [1.807, 2.05) is 18.2 Å². The lowest BCUT2D eigenvalue weighted by molar-refractivity contribution is -0.385. The third-order valence-electron chi connectivity index (χ3n) is 4.52. The van der Waals surface area contributed by atoms with Crippen LogP contribution in [0.5, 0.6) is 11.5 Å². The van der Waals surface area contributed by atoms with Crippen LogP contribution in [0.15, 0.2) is 66.7 Å². The molecule has 0 unspecified atom stereocenters. The van der Waals surface area contributed by atoms with Crippen molar-refractivity contribution in [3.63, 3.8) is 0 Å². The lowest BCUT2D eigenvalue weighted by Crippen LogP contribution is -2.06. The van der Waals surface area contributed by atoms with Crippen molar-refractivity contribution >= 4 is 11.4 Å². The summed E-state index contributed by atoms with van der Waals surface area (Å²) < 4.78 is 43.9. The predicted molar refractivity (Wildman–Crippen MR) is 108 cm³/mol. The van der Waals surface area contributed by atoms with Gasteiger partial charge in [0.05, 0.1) is 10.5 Å². The van der Waals surface area contributed by atoms with E-state index >= 15 is 0 Å². The highest BCUT2D eigenvalue weighted by Crippen LogP contribution is 2.37. The van der Waals surface area contributed by atoms with Gasteiger partial charge in [-0.05, 0) is 47.9 Å². The number of nitrogens with zero attached hydrogens (tertiary/aromatic N) is 1. The molecule has 30 heavy (non-hydrogen) atoms. The van der Waals surface area contributed by atoms with E-state index in [0.717, 1.165) is 29.8 Å². The minimum atomic E-state index is -4.67. The molecule has 3 rings (SSSR count). The van der Waals surface area contributed by atoms with Crippen molar-refractivity contribution in [1.82, 2.24) is 0 Å². The summed E-state index contributed by atoms with van der Waals surface area (Å²) in [5.41, 5.74) is 1.35. The number of ether oxygens (including phenoxy) is 1. The van der Waals surface area contributed by atoms with Gasteiger partial charge < -0.3 is 10.1 Å². The molecule has 3 aromatic rings. The van der Waals surface area contributed by atoms with E-state index in [1.165, 1.54) is 5.56 Å². The van der Waals surface area contributed by atoms with Crippen LogP contribution in [0.1, 0.15) is 23.6 Å². The number of aryl methyl sites for hydroxylation is 1. The molecule has 1 N–H and O–H groups in total. The quantitative estimate of drug-likeness (QED) is 0.349. The Bertz CT molecular complexity index is 1030. The molecule has 0 aromatic heterocycles. The normalized spacial score (nSPS) is 11.2. The fourth-order valence-corrected chi connectivity index (χ4v) is 2.92. The first-order valence-electron chi connectivity index (χ1n) is 9.22. The van der Waals surface area contributed by atoms with Crippen molar-refractivity contribution in [3.05, 3.63) is 93.5 Å². The minimum absolute atomic E-state index is 0.254. The Hall–Kier alpha value is -3.55. The van der Waals surface area contributed by atoms with E-state index in [1.54, 1.807) is 24.3 Å². The number of hydrogen-bond donors (Lipinski definition) is 1. The highest BCUT2D eigenvalue weighted by molar-refractivity contribution is 5.52. The lowest BCUT2D eigenvalue weighted by atomic mass is 10.1. The Morgan fingerprint density at radius 3 is 2.37 bits per heavy atom. The summed E-state index contributed by atoms with van der Waals surface area (Å²) in [5.74, 6) is 0.0336. The largest absolute Gasteiger partial charge is 0.450 e. The lowest BCUT2D eigenvalue weighted by Gasteiger charge is -2.12. The topological polar surface area (TPSA) is 64.4 Å². The Kier molecular flexibility index (Phi) is 6.25. The Morgan fingerprint density at radius 1 is 1.03 bits per heavy atom. The number of para-hydroxylation sites is 1. The third-order valence-corrected chi connectivity index (χ3v) is 4.52. The maximum absolute atomic E-state index is 12.8. The first-order chi connectivity index (χ1) is 14.3. The number of alkyl halides is 3. The molecular weight excluding hydrogens is 397 g/mol. The monoisotopic (exact) mass is 416 g/mol. The number of benzene rings is 3. The molecule has 0 amide bonds. The van der Waals surface area contributed by atoms with Crippen molar-refractivity contribution in [2.45, 2.75) is 26.1 Å². The third kappa shape index (κ3) is 5.08. The molecule has 0 saturated carbocycles. The molecule has 8 heteroatoms. The van der Waals surface area contributed by atoms with E-state index in [9.17, 15) is 23.3 Å². The minimum Gasteiger partial charge on any atom is -0.450 e. The van der Waals surface area contributed by atoms with Crippen LogP contribution in [-0.4, -0.2) is 4.92 Å². The van der Waals surface area contributed by atoms with Crippen molar-refractivity contribution in [3.8, 4) is 11.5 Å². The van der Waals surface area contributed by atoms with Gasteiger partial charge in [-0.15, -0.1) is 0 Å². The van der Waals surface area contributed by atoms with Crippen molar-refractivity contribution < 1.29 is 22.8 Å². The van der Waals surface area contributed by atoms with Crippen LogP contribution in [0.2, 0.25) is 0 Å². The molecule has 0 bridgehead atoms. The Labute approximate surface area is 171 Å². The van der Waals surface area contributed by atoms with Gasteiger partial charge in [-0.25, -0.2) is 0 Å². The first-order valence-corrected chi connectivity index (χ1v) is 9.22. The zero-order valence-corrected chi connectivity index (χ0v) is 16.1. The van der Waals surface area contributed by atoms with Gasteiger partial charge in [0.15, 0.2) is 0 Å². The number of halogens is 3. The van der Waals surface area contributed by atoms with Gasteiger partial charge in [0.1, 0.15) is 5.75 Å². The summed E-state index contributed by atoms with van der Waals surface area (Å²) in [6, 6.07) is 17.0. The highest BCUT2D eigenvalue weighted by atomic mass is 19.4. The summed E-state index contributed by atoms with van der Waals surface area (Å²) in [6.45, 7) is 2.64. The fourth-order valence-electron chi connectivity index (χ4n) is 2.92. The molecule has 0 spiro atoms. The molecule has 5 nitrogen and oxygen atoms in total. The average Bonchev–Trinajstić information content (AvgIpc) is 2.72. The van der Waals surface area contributed by atoms with Gasteiger partial charge in [-0.3, -0.25) is 10.1 Å². The Balaban J connectivity index is 1.72. The van der Waals surface area contributed by atoms with Gasteiger partial charge in [0, 0.05) is 18.3 Å². The van der Waals surface area contributed by atoms with E-state index in [4.69, 9.17) is 4.74 Å². The summed E-state index contributed by atoms with van der Waals surface area (Å²) in [5, 5.41) is 14.5. The van der Waals surface area contributed by atoms with Crippen LogP contribution in [0, 0.1) is 10.1 Å². The molecule has 0 atom stereocenters. The van der Waals surface area contributed by atoms with E-state index < -0.39 is 22.4 Å². The zero-order valence-electron chi connectivity index (χ0n) is 16.1. The van der Waals surface area contributed by atoms with Crippen LogP contribution in [0.25, 0.3) is 0 Å². The van der Waals surface area contributed by atoms with Crippen LogP contribution in [-0.2, 0) is 19.1 Å². The predicted octanol–water partition coefficient (Wildman–Crippen LogP) is 6.58. The summed E-state index contributed by atoms with van der Waals surface area (Å²) in [7, 11) is 0. The van der Waals surface area contributed by atoms with Gasteiger partial charge in [0.25, 0.3) is 0 Å². The van der Waals surface area contributed by atoms with Crippen molar-refractivity contribution in [2.75, 3.05) is 5.32 Å². The molecule has 3 aromatic carbocycles. The molecule has 0 radical (unpaired) electrons. The van der Waals surface area contributed by atoms with Crippen molar-refractivity contribution in [1.29, 1.82) is 0 Å². The number of nitro groups is 1. The molecule has 0 fully saturated rings. The molecular formula is C22H19F3N2O3. The van der Waals surface area contributed by atoms with Gasteiger partial charge >= 0.3 is 11.9 Å². The second-order valence-electron chi connectivity index (χ2n) is 6.55. The first kappa shape index (κ1) is 21.2. The number of hydrogen-bond acceptors (Lipinski definition) is 4. The van der Waals surface area contributed by atoms with Crippen LogP contribution in [0.3, 0.4) is 0 Å². The number of nitrogens with one attached hydrogen (secondary N) is 1. The summed E-state index contributed by atoms with van der Waals surface area (Å²) in [6.07, 6.45) is -3.77. The van der Waals surface area contributed by atoms with Crippen LogP contribution >= 0.6 is 0 Å². The second-order valence-corrected chi connectivity index (χ2v) is 6.55. The molecule has 0 aliphatic heterocycles. The maximum Gasteiger partial charge on any atom is 0.416 e. The highest BCUT2D eigenvalue weighted by Gasteiger charge is 2.33. The second kappa shape index (κ2) is 8.86.